The molecule has 1 radical (unpaired) electrons. The Morgan fingerprint density at radius 2 is 1.92 bits per heavy atom. The molecule has 0 amide bonds. The quantitative estimate of drug-likeness (QED) is 0.580. The Kier molecular flexibility index (Phi) is 2.04. The molecule has 0 spiro atoms. The molecule has 0 bridgehead atoms. The summed E-state index contributed by atoms with van der Waals surface area (Å²) >= 11 is 0. The lowest BCUT2D eigenvalue weighted by Crippen LogP contribution is -2.29. The molecule has 2 heteroatoms. The van der Waals surface area contributed by atoms with Crippen LogP contribution in [0.4, 0.5) is 4.39 Å². The van der Waals surface area contributed by atoms with Gasteiger partial charge in [0, 0.05) is 18.2 Å². The van der Waals surface area contributed by atoms with E-state index < -0.39 is 0 Å². The van der Waals surface area contributed by atoms with E-state index in [1.807, 2.05) is 12.1 Å². The van der Waals surface area contributed by atoms with Crippen molar-refractivity contribution in [1.29, 1.82) is 0 Å². The number of hydrogen-bond acceptors (Lipinski definition) is 0. The normalized spacial score (nSPS) is 9.92. The second kappa shape index (κ2) is 3.35. The van der Waals surface area contributed by atoms with Crippen LogP contribution < -0.4 is 4.57 Å². The maximum Gasteiger partial charge on any atom is 0.210 e. The molecule has 0 saturated heterocycles. The van der Waals surface area contributed by atoms with Crippen molar-refractivity contribution in [3.05, 3.63) is 60.7 Å². The molecule has 0 saturated carbocycles. The van der Waals surface area contributed by atoms with Gasteiger partial charge in [0.05, 0.1) is 0 Å². The number of nitrogens with zero attached hydrogens (tertiary/aromatic N) is 1. The van der Waals surface area contributed by atoms with Gasteiger partial charge in [-0.15, -0.1) is 0 Å². The Hall–Kier alpha value is -1.70. The van der Waals surface area contributed by atoms with Crippen LogP contribution in [0.1, 0.15) is 0 Å². The Labute approximate surface area is 76.1 Å². The smallest absolute Gasteiger partial charge is 0.200 e. The lowest BCUT2D eigenvalue weighted by atomic mass is 10.3. The predicted octanol–water partition coefficient (Wildman–Crippen LogP) is 1.90. The van der Waals surface area contributed by atoms with E-state index in [0.29, 0.717) is 0 Å². The highest BCUT2D eigenvalue weighted by atomic mass is 19.1. The highest BCUT2D eigenvalue weighted by molar-refractivity contribution is 5.20. The molecule has 1 nitrogen and oxygen atoms in total. The van der Waals surface area contributed by atoms with Crippen LogP contribution in [0.25, 0.3) is 5.69 Å². The van der Waals surface area contributed by atoms with Gasteiger partial charge in [-0.1, -0.05) is 0 Å². The van der Waals surface area contributed by atoms with E-state index in [1.165, 1.54) is 12.3 Å². The highest BCUT2D eigenvalue weighted by Crippen LogP contribution is 1.98. The summed E-state index contributed by atoms with van der Waals surface area (Å²) in [6.07, 6.45) is 3.24. The molecule has 1 heterocycles. The average Bonchev–Trinajstić information content (AvgIpc) is 2.19. The van der Waals surface area contributed by atoms with E-state index in [1.54, 1.807) is 29.0 Å². The molecular formula is C11H8FN+. The molecule has 1 aromatic heterocycles. The molecule has 63 valence electrons. The van der Waals surface area contributed by atoms with E-state index in [0.717, 1.165) is 5.69 Å². The maximum atomic E-state index is 12.8. The molecule has 0 unspecified atom stereocenters. The molecule has 2 aromatic rings. The van der Waals surface area contributed by atoms with E-state index in [9.17, 15) is 4.39 Å². The van der Waals surface area contributed by atoms with Crippen molar-refractivity contribution in [3.63, 3.8) is 0 Å². The zero-order valence-corrected chi connectivity index (χ0v) is 6.94. The second-order valence-corrected chi connectivity index (χ2v) is 2.69. The lowest BCUT2D eigenvalue weighted by Gasteiger charge is -1.93. The van der Waals surface area contributed by atoms with Gasteiger partial charge in [0.2, 0.25) is 11.9 Å². The number of halogens is 1. The van der Waals surface area contributed by atoms with Crippen molar-refractivity contribution >= 4 is 0 Å². The van der Waals surface area contributed by atoms with Gasteiger partial charge < -0.3 is 0 Å². The standard InChI is InChI=1S/C11H8FN/c12-10-5-4-8-13(9-10)11-6-2-1-3-7-11/h2-9H/q+1. The van der Waals surface area contributed by atoms with Gasteiger partial charge in [0.15, 0.2) is 12.0 Å². The van der Waals surface area contributed by atoms with Crippen LogP contribution in [0.2, 0.25) is 0 Å². The maximum absolute atomic E-state index is 12.8. The third-order valence-corrected chi connectivity index (χ3v) is 1.76. The van der Waals surface area contributed by atoms with Crippen molar-refractivity contribution in [3.8, 4) is 5.69 Å². The molecule has 0 atom stereocenters. The SMILES string of the molecule is Fc1ccc[n+](-c2cc[c]cc2)c1. The minimum Gasteiger partial charge on any atom is -0.200 e. The van der Waals surface area contributed by atoms with Crippen LogP contribution in [0.15, 0.2) is 48.8 Å². The molecule has 13 heavy (non-hydrogen) atoms. The van der Waals surface area contributed by atoms with Gasteiger partial charge in [-0.3, -0.25) is 0 Å². The Morgan fingerprint density at radius 1 is 1.15 bits per heavy atom. The topological polar surface area (TPSA) is 3.88 Å². The van der Waals surface area contributed by atoms with E-state index in [4.69, 9.17) is 0 Å². The largest absolute Gasteiger partial charge is 0.210 e. The first-order valence-corrected chi connectivity index (χ1v) is 3.99. The van der Waals surface area contributed by atoms with Gasteiger partial charge >= 0.3 is 0 Å². The van der Waals surface area contributed by atoms with Crippen LogP contribution in [-0.2, 0) is 0 Å². The van der Waals surface area contributed by atoms with Gasteiger partial charge in [0.25, 0.3) is 0 Å². The average molecular weight is 173 g/mol. The summed E-state index contributed by atoms with van der Waals surface area (Å²) in [6, 6.07) is 13.4. The summed E-state index contributed by atoms with van der Waals surface area (Å²) in [7, 11) is 0. The van der Waals surface area contributed by atoms with Crippen molar-refractivity contribution in [2.75, 3.05) is 0 Å². The second-order valence-electron chi connectivity index (χ2n) is 2.69. The minimum atomic E-state index is -0.240. The zero-order chi connectivity index (χ0) is 9.10. The Bertz CT molecular complexity index is 398. The monoisotopic (exact) mass is 173 g/mol. The molecule has 2 rings (SSSR count). The van der Waals surface area contributed by atoms with Crippen molar-refractivity contribution in [2.45, 2.75) is 0 Å². The highest BCUT2D eigenvalue weighted by Gasteiger charge is 2.04. The number of pyridine rings is 1. The summed E-state index contributed by atoms with van der Waals surface area (Å²) < 4.78 is 14.5. The first kappa shape index (κ1) is 7.92. The van der Waals surface area contributed by atoms with E-state index in [-0.39, 0.29) is 5.82 Å². The van der Waals surface area contributed by atoms with E-state index >= 15 is 0 Å². The number of aromatic nitrogens is 1. The van der Waals surface area contributed by atoms with Gasteiger partial charge in [0.1, 0.15) is 0 Å². The summed E-state index contributed by atoms with van der Waals surface area (Å²) in [5.74, 6) is -0.240. The van der Waals surface area contributed by atoms with Crippen LogP contribution in [0.3, 0.4) is 0 Å². The summed E-state index contributed by atoms with van der Waals surface area (Å²) in [6.45, 7) is 0. The number of rotatable bonds is 1. The van der Waals surface area contributed by atoms with Gasteiger partial charge in [-0.2, -0.15) is 4.57 Å². The Balaban J connectivity index is 2.48. The zero-order valence-electron chi connectivity index (χ0n) is 6.94. The van der Waals surface area contributed by atoms with Crippen LogP contribution in [0.5, 0.6) is 0 Å². The van der Waals surface area contributed by atoms with Crippen molar-refractivity contribution in [1.82, 2.24) is 0 Å². The fourth-order valence-electron chi connectivity index (χ4n) is 1.16. The molecule has 1 aromatic carbocycles. The minimum absolute atomic E-state index is 0.240. The Morgan fingerprint density at radius 3 is 2.62 bits per heavy atom. The van der Waals surface area contributed by atoms with Crippen LogP contribution in [-0.4, -0.2) is 0 Å². The van der Waals surface area contributed by atoms with E-state index in [2.05, 4.69) is 6.07 Å². The third kappa shape index (κ3) is 1.72. The summed E-state index contributed by atoms with van der Waals surface area (Å²) in [5.41, 5.74) is 0.929. The van der Waals surface area contributed by atoms with Gasteiger partial charge in [-0.05, 0) is 24.3 Å². The van der Waals surface area contributed by atoms with Gasteiger partial charge in [-0.25, -0.2) is 4.39 Å². The summed E-state index contributed by atoms with van der Waals surface area (Å²) in [5, 5.41) is 0. The number of hydrogen-bond donors (Lipinski definition) is 0. The molecule has 0 aliphatic heterocycles. The predicted molar refractivity (Wildman–Crippen MR) is 46.8 cm³/mol. The molecule has 0 aliphatic carbocycles. The fourth-order valence-corrected chi connectivity index (χ4v) is 1.16. The van der Waals surface area contributed by atoms with Crippen LogP contribution >= 0.6 is 0 Å². The lowest BCUT2D eigenvalue weighted by molar-refractivity contribution is -0.597. The molecular weight excluding hydrogens is 165 g/mol. The molecule has 0 fully saturated rings. The van der Waals surface area contributed by atoms with Crippen LogP contribution in [0, 0.1) is 11.9 Å². The summed E-state index contributed by atoms with van der Waals surface area (Å²) in [4.78, 5) is 0. The fraction of sp³-hybridized carbons (Fsp3) is 0. The van der Waals surface area contributed by atoms with Crippen molar-refractivity contribution < 1.29 is 8.96 Å². The number of benzene rings is 1. The first-order valence-electron chi connectivity index (χ1n) is 3.99. The first-order chi connectivity index (χ1) is 6.36. The third-order valence-electron chi connectivity index (χ3n) is 1.76. The molecule has 0 aliphatic rings. The van der Waals surface area contributed by atoms with Crippen molar-refractivity contribution in [2.24, 2.45) is 0 Å². The molecule has 0 N–H and O–H groups in total.